The van der Waals surface area contributed by atoms with Crippen LogP contribution in [0.4, 0.5) is 0 Å². The molecule has 0 saturated heterocycles. The number of carboxylic acid groups (broad SMARTS) is 1. The molecule has 90 valence electrons. The van der Waals surface area contributed by atoms with Crippen molar-refractivity contribution in [1.29, 1.82) is 0 Å². The molecule has 0 aromatic rings. The molecule has 2 N–H and O–H groups in total. The number of nitrogens with one attached hydrogen (secondary N) is 1. The van der Waals surface area contributed by atoms with Crippen LogP contribution in [0.25, 0.3) is 0 Å². The average Bonchev–Trinajstić information content (AvgIpc) is 2.08. The molecule has 0 rings (SSSR count). The quantitative estimate of drug-likeness (QED) is 0.595. The zero-order chi connectivity index (χ0) is 11.8. The zero-order valence-electron chi connectivity index (χ0n) is 10.3. The predicted octanol–water partition coefficient (Wildman–Crippen LogP) is 1.03. The zero-order valence-corrected chi connectivity index (χ0v) is 10.3. The van der Waals surface area contributed by atoms with Crippen LogP contribution in [-0.4, -0.2) is 49.2 Å². The third-order valence-corrected chi connectivity index (χ3v) is 2.18. The monoisotopic (exact) mass is 216 g/mol. The maximum atomic E-state index is 10.9. The van der Waals surface area contributed by atoms with Crippen molar-refractivity contribution in [3.63, 3.8) is 0 Å². The molecule has 1 unspecified atom stereocenters. The maximum absolute atomic E-state index is 10.9. The van der Waals surface area contributed by atoms with Crippen molar-refractivity contribution in [2.45, 2.75) is 32.7 Å². The lowest BCUT2D eigenvalue weighted by Gasteiger charge is -2.17. The van der Waals surface area contributed by atoms with E-state index >= 15 is 0 Å². The minimum atomic E-state index is -0.742. The molecule has 4 heteroatoms. The third-order valence-electron chi connectivity index (χ3n) is 2.18. The second-order valence-electron chi connectivity index (χ2n) is 4.63. The lowest BCUT2D eigenvalue weighted by Crippen LogP contribution is -2.39. The highest BCUT2D eigenvalue weighted by Crippen LogP contribution is 2.04. The van der Waals surface area contributed by atoms with Crippen LogP contribution in [0.2, 0.25) is 0 Å². The summed E-state index contributed by atoms with van der Waals surface area (Å²) in [5, 5.41) is 12.0. The Balaban J connectivity index is 3.72. The van der Waals surface area contributed by atoms with Crippen LogP contribution < -0.4 is 5.32 Å². The Morgan fingerprint density at radius 2 is 2.00 bits per heavy atom. The van der Waals surface area contributed by atoms with Gasteiger partial charge in [0.1, 0.15) is 6.04 Å². The van der Waals surface area contributed by atoms with Gasteiger partial charge in [-0.1, -0.05) is 13.8 Å². The molecule has 0 spiro atoms. The molecule has 4 nitrogen and oxygen atoms in total. The van der Waals surface area contributed by atoms with E-state index in [-0.39, 0.29) is 0 Å². The Morgan fingerprint density at radius 1 is 1.40 bits per heavy atom. The standard InChI is InChI=1S/C11H24N2O2/c1-9(2)8-10(11(14)15)12-6-5-7-13(3)4/h9-10,12H,5-8H2,1-4H3,(H,14,15). The summed E-state index contributed by atoms with van der Waals surface area (Å²) >= 11 is 0. The summed E-state index contributed by atoms with van der Waals surface area (Å²) < 4.78 is 0. The van der Waals surface area contributed by atoms with Crippen molar-refractivity contribution in [3.05, 3.63) is 0 Å². The van der Waals surface area contributed by atoms with E-state index in [4.69, 9.17) is 5.11 Å². The van der Waals surface area contributed by atoms with E-state index in [1.54, 1.807) is 0 Å². The minimum Gasteiger partial charge on any atom is -0.480 e. The molecule has 0 saturated carbocycles. The molecule has 0 aliphatic heterocycles. The SMILES string of the molecule is CC(C)CC(NCCCN(C)C)C(=O)O. The first-order valence-corrected chi connectivity index (χ1v) is 5.54. The molecule has 0 aliphatic rings. The summed E-state index contributed by atoms with van der Waals surface area (Å²) in [5.74, 6) is -0.332. The largest absolute Gasteiger partial charge is 0.480 e. The highest BCUT2D eigenvalue weighted by atomic mass is 16.4. The van der Waals surface area contributed by atoms with E-state index in [1.807, 2.05) is 27.9 Å². The van der Waals surface area contributed by atoms with Crippen LogP contribution in [0.5, 0.6) is 0 Å². The van der Waals surface area contributed by atoms with Gasteiger partial charge in [0.15, 0.2) is 0 Å². The van der Waals surface area contributed by atoms with Crippen LogP contribution in [0, 0.1) is 5.92 Å². The van der Waals surface area contributed by atoms with Gasteiger partial charge in [0.05, 0.1) is 0 Å². The highest BCUT2D eigenvalue weighted by molar-refractivity contribution is 5.73. The number of hydrogen-bond acceptors (Lipinski definition) is 3. The van der Waals surface area contributed by atoms with Crippen molar-refractivity contribution >= 4 is 5.97 Å². The lowest BCUT2D eigenvalue weighted by molar-refractivity contribution is -0.139. The predicted molar refractivity (Wildman–Crippen MR) is 62.1 cm³/mol. The van der Waals surface area contributed by atoms with E-state index in [2.05, 4.69) is 10.2 Å². The summed E-state index contributed by atoms with van der Waals surface area (Å²) in [6, 6.07) is -0.396. The molecule has 0 aromatic heterocycles. The Morgan fingerprint density at radius 3 is 2.40 bits per heavy atom. The van der Waals surface area contributed by atoms with Crippen LogP contribution in [0.15, 0.2) is 0 Å². The summed E-state index contributed by atoms with van der Waals surface area (Å²) in [6.07, 6.45) is 1.67. The molecular formula is C11H24N2O2. The van der Waals surface area contributed by atoms with Crippen molar-refractivity contribution in [2.75, 3.05) is 27.2 Å². The number of aliphatic carboxylic acids is 1. The van der Waals surface area contributed by atoms with Gasteiger partial charge in [0.2, 0.25) is 0 Å². The third kappa shape index (κ3) is 8.39. The van der Waals surface area contributed by atoms with Gasteiger partial charge in [-0.15, -0.1) is 0 Å². The number of rotatable bonds is 8. The number of hydrogen-bond donors (Lipinski definition) is 2. The van der Waals surface area contributed by atoms with E-state index in [0.29, 0.717) is 12.3 Å². The molecule has 0 fully saturated rings. The fourth-order valence-corrected chi connectivity index (χ4v) is 1.41. The Labute approximate surface area is 92.7 Å². The van der Waals surface area contributed by atoms with E-state index in [1.165, 1.54) is 0 Å². The first kappa shape index (κ1) is 14.4. The summed E-state index contributed by atoms with van der Waals surface area (Å²) in [6.45, 7) is 5.83. The van der Waals surface area contributed by atoms with Crippen molar-refractivity contribution in [3.8, 4) is 0 Å². The fraction of sp³-hybridized carbons (Fsp3) is 0.909. The molecule has 0 amide bonds. The fourth-order valence-electron chi connectivity index (χ4n) is 1.41. The first-order valence-electron chi connectivity index (χ1n) is 5.54. The van der Waals surface area contributed by atoms with Gasteiger partial charge in [0.25, 0.3) is 0 Å². The van der Waals surface area contributed by atoms with Gasteiger partial charge in [0, 0.05) is 0 Å². The Kier molecular flexibility index (Phi) is 7.34. The molecule has 0 aliphatic carbocycles. The molecular weight excluding hydrogens is 192 g/mol. The normalized spacial score (nSPS) is 13.5. The van der Waals surface area contributed by atoms with Crippen molar-refractivity contribution in [2.24, 2.45) is 5.92 Å². The summed E-state index contributed by atoms with van der Waals surface area (Å²) in [4.78, 5) is 13.0. The van der Waals surface area contributed by atoms with Gasteiger partial charge in [-0.05, 0) is 45.9 Å². The van der Waals surface area contributed by atoms with Gasteiger partial charge in [-0.25, -0.2) is 0 Å². The molecule has 0 heterocycles. The van der Waals surface area contributed by atoms with Crippen molar-refractivity contribution in [1.82, 2.24) is 10.2 Å². The number of carbonyl (C=O) groups is 1. The van der Waals surface area contributed by atoms with Gasteiger partial charge >= 0.3 is 5.97 Å². The summed E-state index contributed by atoms with van der Waals surface area (Å²) in [7, 11) is 4.03. The van der Waals surface area contributed by atoms with Crippen LogP contribution in [0.3, 0.4) is 0 Å². The summed E-state index contributed by atoms with van der Waals surface area (Å²) in [5.41, 5.74) is 0. The Bertz CT molecular complexity index is 181. The van der Waals surface area contributed by atoms with Crippen molar-refractivity contribution < 1.29 is 9.90 Å². The van der Waals surface area contributed by atoms with Gasteiger partial charge < -0.3 is 15.3 Å². The molecule has 0 aromatic carbocycles. The lowest BCUT2D eigenvalue weighted by atomic mass is 10.0. The van der Waals surface area contributed by atoms with Gasteiger partial charge in [-0.2, -0.15) is 0 Å². The van der Waals surface area contributed by atoms with Crippen LogP contribution in [0.1, 0.15) is 26.7 Å². The first-order chi connectivity index (χ1) is 6.93. The smallest absolute Gasteiger partial charge is 0.320 e. The number of carboxylic acids is 1. The topological polar surface area (TPSA) is 52.6 Å². The minimum absolute atomic E-state index is 0.396. The van der Waals surface area contributed by atoms with E-state index in [9.17, 15) is 4.79 Å². The van der Waals surface area contributed by atoms with E-state index in [0.717, 1.165) is 19.5 Å². The van der Waals surface area contributed by atoms with Crippen LogP contribution >= 0.6 is 0 Å². The van der Waals surface area contributed by atoms with Gasteiger partial charge in [-0.3, -0.25) is 4.79 Å². The maximum Gasteiger partial charge on any atom is 0.320 e. The Hall–Kier alpha value is -0.610. The molecule has 1 atom stereocenters. The number of nitrogens with zero attached hydrogens (tertiary/aromatic N) is 1. The van der Waals surface area contributed by atoms with E-state index < -0.39 is 12.0 Å². The molecule has 0 radical (unpaired) electrons. The molecule has 0 bridgehead atoms. The average molecular weight is 216 g/mol. The molecule has 15 heavy (non-hydrogen) atoms. The second kappa shape index (κ2) is 7.65. The highest BCUT2D eigenvalue weighted by Gasteiger charge is 2.17. The second-order valence-corrected chi connectivity index (χ2v) is 4.63. The van der Waals surface area contributed by atoms with Crippen LogP contribution in [-0.2, 0) is 4.79 Å².